The van der Waals surface area contributed by atoms with Crippen LogP contribution in [0.25, 0.3) is 11.3 Å². The molecule has 0 aliphatic heterocycles. The van der Waals surface area contributed by atoms with Gasteiger partial charge in [-0.05, 0) is 42.5 Å². The van der Waals surface area contributed by atoms with Crippen molar-refractivity contribution in [2.45, 2.75) is 13.1 Å². The Morgan fingerprint density at radius 1 is 0.958 bits per heavy atom. The Hall–Kier alpha value is -2.30. The minimum Gasteiger partial charge on any atom is -0.496 e. The van der Waals surface area contributed by atoms with Gasteiger partial charge in [-0.1, -0.05) is 18.2 Å². The van der Waals surface area contributed by atoms with E-state index in [0.29, 0.717) is 13.1 Å². The Morgan fingerprint density at radius 2 is 1.71 bits per heavy atom. The third kappa shape index (κ3) is 4.37. The average Bonchev–Trinajstić information content (AvgIpc) is 3.05. The van der Waals surface area contributed by atoms with E-state index in [1.54, 1.807) is 19.2 Å². The summed E-state index contributed by atoms with van der Waals surface area (Å²) in [6, 6.07) is 18.0. The molecule has 0 saturated heterocycles. The molecule has 0 unspecified atom stereocenters. The van der Waals surface area contributed by atoms with Crippen LogP contribution in [0.1, 0.15) is 11.3 Å². The lowest BCUT2D eigenvalue weighted by Gasteiger charge is -2.08. The molecule has 1 aromatic heterocycles. The van der Waals surface area contributed by atoms with Gasteiger partial charge in [0.1, 0.15) is 23.1 Å². The fraction of sp³-hybridized carbons (Fsp3) is 0.158. The minimum absolute atomic E-state index is 0. The van der Waals surface area contributed by atoms with Crippen LogP contribution in [0, 0.1) is 5.82 Å². The molecule has 3 nitrogen and oxygen atoms in total. The first kappa shape index (κ1) is 18.0. The maximum absolute atomic E-state index is 12.9. The molecular formula is C19H19ClFNO2. The summed E-state index contributed by atoms with van der Waals surface area (Å²) >= 11 is 0. The van der Waals surface area contributed by atoms with E-state index in [1.807, 2.05) is 36.4 Å². The number of hydrogen-bond donors (Lipinski definition) is 1. The maximum Gasteiger partial charge on any atom is 0.134 e. The molecule has 0 aliphatic carbocycles. The van der Waals surface area contributed by atoms with Crippen LogP contribution >= 0.6 is 12.4 Å². The quantitative estimate of drug-likeness (QED) is 0.695. The largest absolute Gasteiger partial charge is 0.496 e. The smallest absolute Gasteiger partial charge is 0.134 e. The van der Waals surface area contributed by atoms with Gasteiger partial charge in [0, 0.05) is 17.7 Å². The van der Waals surface area contributed by atoms with Crippen molar-refractivity contribution < 1.29 is 13.5 Å². The SMILES string of the molecule is COc1ccccc1CNCc1ccc(-c2ccc(F)cc2)o1.Cl. The Labute approximate surface area is 146 Å². The van der Waals surface area contributed by atoms with E-state index < -0.39 is 0 Å². The number of methoxy groups -OCH3 is 1. The highest BCUT2D eigenvalue weighted by atomic mass is 35.5. The van der Waals surface area contributed by atoms with Gasteiger partial charge in [0.15, 0.2) is 0 Å². The lowest BCUT2D eigenvalue weighted by Crippen LogP contribution is -2.12. The molecule has 0 radical (unpaired) electrons. The lowest BCUT2D eigenvalue weighted by molar-refractivity contribution is 0.406. The zero-order valence-electron chi connectivity index (χ0n) is 13.3. The third-order valence-electron chi connectivity index (χ3n) is 3.60. The molecule has 1 heterocycles. The van der Waals surface area contributed by atoms with Gasteiger partial charge in [0.2, 0.25) is 0 Å². The first-order chi connectivity index (χ1) is 11.3. The van der Waals surface area contributed by atoms with E-state index in [-0.39, 0.29) is 18.2 Å². The van der Waals surface area contributed by atoms with Gasteiger partial charge in [0.05, 0.1) is 13.7 Å². The first-order valence-corrected chi connectivity index (χ1v) is 7.43. The summed E-state index contributed by atoms with van der Waals surface area (Å²) in [7, 11) is 1.67. The highest BCUT2D eigenvalue weighted by Crippen LogP contribution is 2.22. The monoisotopic (exact) mass is 347 g/mol. The molecular weight excluding hydrogens is 329 g/mol. The average molecular weight is 348 g/mol. The number of rotatable bonds is 6. The molecule has 0 fully saturated rings. The normalized spacial score (nSPS) is 10.2. The maximum atomic E-state index is 12.9. The molecule has 0 bridgehead atoms. The summed E-state index contributed by atoms with van der Waals surface area (Å²) in [5, 5.41) is 3.33. The molecule has 2 aromatic carbocycles. The molecule has 3 aromatic rings. The summed E-state index contributed by atoms with van der Waals surface area (Å²) < 4.78 is 24.1. The zero-order valence-corrected chi connectivity index (χ0v) is 14.1. The summed E-state index contributed by atoms with van der Waals surface area (Å²) in [6.07, 6.45) is 0. The van der Waals surface area contributed by atoms with Crippen molar-refractivity contribution in [2.75, 3.05) is 7.11 Å². The third-order valence-corrected chi connectivity index (χ3v) is 3.60. The van der Waals surface area contributed by atoms with Crippen LogP contribution in [0.15, 0.2) is 65.1 Å². The molecule has 24 heavy (non-hydrogen) atoms. The van der Waals surface area contributed by atoms with E-state index in [1.165, 1.54) is 12.1 Å². The van der Waals surface area contributed by atoms with E-state index in [4.69, 9.17) is 9.15 Å². The highest BCUT2D eigenvalue weighted by Gasteiger charge is 2.06. The number of para-hydroxylation sites is 1. The van der Waals surface area contributed by atoms with Crippen molar-refractivity contribution in [3.63, 3.8) is 0 Å². The highest BCUT2D eigenvalue weighted by molar-refractivity contribution is 5.85. The van der Waals surface area contributed by atoms with Gasteiger partial charge in [-0.25, -0.2) is 4.39 Å². The number of furan rings is 1. The molecule has 0 aliphatic rings. The van der Waals surface area contributed by atoms with Crippen molar-refractivity contribution in [1.82, 2.24) is 5.32 Å². The van der Waals surface area contributed by atoms with Crippen LogP contribution in [0.4, 0.5) is 4.39 Å². The van der Waals surface area contributed by atoms with Gasteiger partial charge in [-0.3, -0.25) is 0 Å². The Kier molecular flexibility index (Phi) is 6.41. The van der Waals surface area contributed by atoms with Gasteiger partial charge in [-0.2, -0.15) is 0 Å². The van der Waals surface area contributed by atoms with Crippen molar-refractivity contribution in [1.29, 1.82) is 0 Å². The molecule has 0 saturated carbocycles. The van der Waals surface area contributed by atoms with Crippen molar-refractivity contribution >= 4 is 12.4 Å². The molecule has 0 atom stereocenters. The topological polar surface area (TPSA) is 34.4 Å². The zero-order chi connectivity index (χ0) is 16.1. The van der Waals surface area contributed by atoms with Gasteiger partial charge >= 0.3 is 0 Å². The summed E-state index contributed by atoms with van der Waals surface area (Å²) in [5.41, 5.74) is 1.96. The van der Waals surface area contributed by atoms with Crippen molar-refractivity contribution in [2.24, 2.45) is 0 Å². The van der Waals surface area contributed by atoms with Crippen molar-refractivity contribution in [3.05, 3.63) is 77.8 Å². The second kappa shape index (κ2) is 8.52. The number of hydrogen-bond acceptors (Lipinski definition) is 3. The number of halogens is 2. The molecule has 5 heteroatoms. The Morgan fingerprint density at radius 3 is 2.46 bits per heavy atom. The molecule has 1 N–H and O–H groups in total. The fourth-order valence-electron chi connectivity index (χ4n) is 2.41. The lowest BCUT2D eigenvalue weighted by atomic mass is 10.2. The second-order valence-electron chi connectivity index (χ2n) is 5.19. The Bertz CT molecular complexity index is 771. The van der Waals surface area contributed by atoms with Gasteiger partial charge in [-0.15, -0.1) is 12.4 Å². The van der Waals surface area contributed by atoms with Crippen molar-refractivity contribution in [3.8, 4) is 17.1 Å². The van der Waals surface area contributed by atoms with Crippen LogP contribution in [-0.2, 0) is 13.1 Å². The predicted octanol–water partition coefficient (Wildman–Crippen LogP) is 4.81. The number of benzene rings is 2. The minimum atomic E-state index is -0.251. The van der Waals surface area contributed by atoms with Crippen LogP contribution in [-0.4, -0.2) is 7.11 Å². The predicted molar refractivity (Wildman–Crippen MR) is 94.9 cm³/mol. The van der Waals surface area contributed by atoms with E-state index in [0.717, 1.165) is 28.4 Å². The standard InChI is InChI=1S/C19H18FNO2.ClH/c1-22-18-5-3-2-4-15(18)12-21-13-17-10-11-19(23-17)14-6-8-16(20)9-7-14;/h2-11,21H,12-13H2,1H3;1H. The number of ether oxygens (including phenoxy) is 1. The second-order valence-corrected chi connectivity index (χ2v) is 5.19. The van der Waals surface area contributed by atoms with Crippen LogP contribution < -0.4 is 10.1 Å². The molecule has 0 spiro atoms. The summed E-state index contributed by atoms with van der Waals surface area (Å²) in [5.74, 6) is 2.18. The van der Waals surface area contributed by atoms with E-state index in [9.17, 15) is 4.39 Å². The Balaban J connectivity index is 0.00000208. The molecule has 126 valence electrons. The van der Waals surface area contributed by atoms with E-state index >= 15 is 0 Å². The van der Waals surface area contributed by atoms with Crippen LogP contribution in [0.5, 0.6) is 5.75 Å². The van der Waals surface area contributed by atoms with Crippen LogP contribution in [0.2, 0.25) is 0 Å². The van der Waals surface area contributed by atoms with Gasteiger partial charge in [0.25, 0.3) is 0 Å². The molecule has 0 amide bonds. The van der Waals surface area contributed by atoms with E-state index in [2.05, 4.69) is 5.32 Å². The summed E-state index contributed by atoms with van der Waals surface area (Å²) in [4.78, 5) is 0. The first-order valence-electron chi connectivity index (χ1n) is 7.43. The van der Waals surface area contributed by atoms with Gasteiger partial charge < -0.3 is 14.5 Å². The number of nitrogens with one attached hydrogen (secondary N) is 1. The fourth-order valence-corrected chi connectivity index (χ4v) is 2.41. The summed E-state index contributed by atoms with van der Waals surface area (Å²) in [6.45, 7) is 1.30. The molecule has 3 rings (SSSR count). The van der Waals surface area contributed by atoms with Crippen LogP contribution in [0.3, 0.4) is 0 Å².